The Morgan fingerprint density at radius 3 is 2.20 bits per heavy atom. The summed E-state index contributed by atoms with van der Waals surface area (Å²) in [4.78, 5) is 28.4. The molecule has 250 valence electrons. The molecule has 4 N–H and O–H groups in total. The minimum atomic E-state index is -1.02. The number of urea groups is 1. The van der Waals surface area contributed by atoms with Crippen LogP contribution >= 0.6 is 11.8 Å². The number of rotatable bonds is 12. The zero-order valence-electron chi connectivity index (χ0n) is 26.7. The van der Waals surface area contributed by atoms with Crippen LogP contribution in [0.1, 0.15) is 57.0 Å². The number of ether oxygens (including phenoxy) is 2. The molecule has 0 radical (unpaired) electrons. The molecule has 1 aromatic heterocycles. The number of amides is 2. The number of benzene rings is 4. The summed E-state index contributed by atoms with van der Waals surface area (Å²) in [5, 5.41) is 25.4. The minimum absolute atomic E-state index is 0.0390. The molecule has 0 bridgehead atoms. The Morgan fingerprint density at radius 2 is 1.47 bits per heavy atom. The van der Waals surface area contributed by atoms with Gasteiger partial charge in [-0.05, 0) is 51.6 Å². The van der Waals surface area contributed by atoms with Gasteiger partial charge in [-0.15, -0.1) is 11.8 Å². The van der Waals surface area contributed by atoms with Crippen LogP contribution in [0.4, 0.5) is 4.79 Å². The number of carbonyl (C=O) groups excluding carboxylic acids is 1. The first-order valence-electron chi connectivity index (χ1n) is 16.0. The molecule has 1 aliphatic heterocycles. The smallest absolute Gasteiger partial charge is 0.338 e. The largest absolute Gasteiger partial charge is 0.478 e. The Kier molecular flexibility index (Phi) is 11.3. The maximum absolute atomic E-state index is 12.4. The summed E-state index contributed by atoms with van der Waals surface area (Å²) in [6.07, 6.45) is 0.993. The van der Waals surface area contributed by atoms with Crippen LogP contribution in [0.25, 0.3) is 11.1 Å². The van der Waals surface area contributed by atoms with Crippen molar-refractivity contribution in [3.05, 3.63) is 155 Å². The number of pyridine rings is 1. The highest BCUT2D eigenvalue weighted by Gasteiger charge is 2.32. The molecule has 2 heterocycles. The van der Waals surface area contributed by atoms with Gasteiger partial charge in [0.2, 0.25) is 0 Å². The van der Waals surface area contributed by atoms with Crippen LogP contribution in [0.3, 0.4) is 0 Å². The molecule has 3 atom stereocenters. The molecule has 5 aromatic rings. The van der Waals surface area contributed by atoms with Crippen molar-refractivity contribution in [1.82, 2.24) is 15.6 Å². The van der Waals surface area contributed by atoms with E-state index in [9.17, 15) is 19.8 Å². The third kappa shape index (κ3) is 9.13. The second-order valence-corrected chi connectivity index (χ2v) is 12.7. The van der Waals surface area contributed by atoms with Crippen LogP contribution < -0.4 is 10.6 Å². The molecule has 1 aliphatic rings. The Hall–Kier alpha value is -5.00. The molecular weight excluding hydrogens is 639 g/mol. The Bertz CT molecular complexity index is 1850. The molecule has 2 amide bonds. The normalized spacial score (nSPS) is 17.3. The number of aliphatic hydroxyl groups is 1. The number of aromatic nitrogens is 1. The van der Waals surface area contributed by atoms with E-state index in [1.807, 2.05) is 97.1 Å². The number of aromatic carboxylic acids is 1. The van der Waals surface area contributed by atoms with Crippen molar-refractivity contribution >= 4 is 23.8 Å². The number of aliphatic hydroxyl groups excluding tert-OH is 1. The Labute approximate surface area is 289 Å². The van der Waals surface area contributed by atoms with Crippen LogP contribution in [0, 0.1) is 0 Å². The lowest BCUT2D eigenvalue weighted by atomic mass is 9.99. The number of carboxylic acid groups (broad SMARTS) is 1. The molecular formula is C39H37N3O6S. The number of nitrogens with one attached hydrogen (secondary N) is 2. The topological polar surface area (TPSA) is 130 Å². The molecule has 1 fully saturated rings. The zero-order valence-corrected chi connectivity index (χ0v) is 27.5. The van der Waals surface area contributed by atoms with Gasteiger partial charge in [0.25, 0.3) is 0 Å². The van der Waals surface area contributed by atoms with E-state index in [-0.39, 0.29) is 30.4 Å². The van der Waals surface area contributed by atoms with Gasteiger partial charge in [-0.1, -0.05) is 97.1 Å². The van der Waals surface area contributed by atoms with E-state index in [0.717, 1.165) is 38.9 Å². The Morgan fingerprint density at radius 1 is 0.755 bits per heavy atom. The number of carbonyl (C=O) groups is 2. The average molecular weight is 676 g/mol. The second kappa shape index (κ2) is 16.4. The fourth-order valence-corrected chi connectivity index (χ4v) is 6.58. The lowest BCUT2D eigenvalue weighted by Gasteiger charge is -2.36. The SMILES string of the molecule is O=C(NCc1ccccc1)NCc1cccc(-c2ccc(C3OC(CSc4ncccc4C(=O)O)CC(c4ccc(CO)cc4)O3)cc2)c1. The quantitative estimate of drug-likeness (QED) is 0.102. The molecule has 4 aromatic carbocycles. The van der Waals surface area contributed by atoms with E-state index < -0.39 is 12.3 Å². The lowest BCUT2D eigenvalue weighted by Crippen LogP contribution is -2.34. The molecule has 0 aliphatic carbocycles. The summed E-state index contributed by atoms with van der Waals surface area (Å²) >= 11 is 1.35. The van der Waals surface area contributed by atoms with Gasteiger partial charge in [-0.25, -0.2) is 14.6 Å². The van der Waals surface area contributed by atoms with Gasteiger partial charge in [0.1, 0.15) is 5.03 Å². The van der Waals surface area contributed by atoms with E-state index in [1.165, 1.54) is 11.8 Å². The first kappa shape index (κ1) is 33.9. The third-order valence-corrected chi connectivity index (χ3v) is 9.35. The van der Waals surface area contributed by atoms with Gasteiger partial charge in [0.05, 0.1) is 24.4 Å². The van der Waals surface area contributed by atoms with Crippen LogP contribution in [0.5, 0.6) is 0 Å². The lowest BCUT2D eigenvalue weighted by molar-refractivity contribution is -0.245. The molecule has 6 rings (SSSR count). The summed E-state index contributed by atoms with van der Waals surface area (Å²) < 4.78 is 12.9. The fourth-order valence-electron chi connectivity index (χ4n) is 5.58. The molecule has 49 heavy (non-hydrogen) atoms. The Balaban J connectivity index is 1.13. The van der Waals surface area contributed by atoms with Gasteiger partial charge in [-0.2, -0.15) is 0 Å². The van der Waals surface area contributed by atoms with E-state index >= 15 is 0 Å². The first-order chi connectivity index (χ1) is 23.9. The number of hydrogen-bond acceptors (Lipinski definition) is 7. The van der Waals surface area contributed by atoms with Crippen molar-refractivity contribution in [2.45, 2.75) is 49.6 Å². The van der Waals surface area contributed by atoms with Gasteiger partial charge >= 0.3 is 12.0 Å². The fraction of sp³-hybridized carbons (Fsp3) is 0.205. The maximum Gasteiger partial charge on any atom is 0.338 e. The highest BCUT2D eigenvalue weighted by Crippen LogP contribution is 2.40. The van der Waals surface area contributed by atoms with E-state index in [2.05, 4.69) is 21.7 Å². The summed E-state index contributed by atoms with van der Waals surface area (Å²) in [7, 11) is 0. The number of nitrogens with zero attached hydrogens (tertiary/aromatic N) is 1. The van der Waals surface area contributed by atoms with Gasteiger partial charge in [-0.3, -0.25) is 0 Å². The minimum Gasteiger partial charge on any atom is -0.478 e. The predicted octanol–water partition coefficient (Wildman–Crippen LogP) is 7.28. The van der Waals surface area contributed by atoms with Crippen molar-refractivity contribution < 1.29 is 29.3 Å². The molecule has 0 saturated carbocycles. The van der Waals surface area contributed by atoms with E-state index in [1.54, 1.807) is 18.3 Å². The number of hydrogen-bond donors (Lipinski definition) is 4. The van der Waals surface area contributed by atoms with Gasteiger partial charge in [0, 0.05) is 37.0 Å². The van der Waals surface area contributed by atoms with Gasteiger partial charge in [0.15, 0.2) is 6.29 Å². The monoisotopic (exact) mass is 675 g/mol. The molecule has 10 heteroatoms. The number of thioether (sulfide) groups is 1. The standard InChI is InChI=1S/C39H37N3O6S/c43-24-27-11-13-30(14-12-27)35-21-33(25-49-36-34(37(44)45)10-5-19-40-36)47-38(48-35)31-17-15-29(16-18-31)32-9-4-8-28(20-32)23-42-39(46)41-22-26-6-2-1-3-7-26/h1-20,33,35,38,43H,21-25H2,(H,44,45)(H2,41,42,46). The predicted molar refractivity (Wildman–Crippen MR) is 188 cm³/mol. The van der Waals surface area contributed by atoms with Crippen LogP contribution in [-0.2, 0) is 29.2 Å². The van der Waals surface area contributed by atoms with Crippen molar-refractivity contribution in [2.24, 2.45) is 0 Å². The maximum atomic E-state index is 12.4. The van der Waals surface area contributed by atoms with E-state index in [4.69, 9.17) is 9.47 Å². The third-order valence-electron chi connectivity index (χ3n) is 8.21. The van der Waals surface area contributed by atoms with Crippen molar-refractivity contribution in [3.8, 4) is 11.1 Å². The van der Waals surface area contributed by atoms with Crippen LogP contribution in [0.15, 0.2) is 126 Å². The highest BCUT2D eigenvalue weighted by molar-refractivity contribution is 7.99. The van der Waals surface area contributed by atoms with Gasteiger partial charge < -0.3 is 30.3 Å². The summed E-state index contributed by atoms with van der Waals surface area (Å²) in [6.45, 7) is 0.811. The van der Waals surface area contributed by atoms with Crippen molar-refractivity contribution in [1.29, 1.82) is 0 Å². The molecule has 0 spiro atoms. The second-order valence-electron chi connectivity index (χ2n) is 11.7. The van der Waals surface area contributed by atoms with E-state index in [0.29, 0.717) is 30.3 Å². The zero-order chi connectivity index (χ0) is 34.0. The number of carboxylic acids is 1. The summed E-state index contributed by atoms with van der Waals surface area (Å²) in [5.74, 6) is -0.527. The summed E-state index contributed by atoms with van der Waals surface area (Å²) in [5.41, 5.74) is 6.84. The van der Waals surface area contributed by atoms with Crippen LogP contribution in [-0.4, -0.2) is 39.1 Å². The van der Waals surface area contributed by atoms with Crippen molar-refractivity contribution in [3.63, 3.8) is 0 Å². The molecule has 9 nitrogen and oxygen atoms in total. The average Bonchev–Trinajstić information content (AvgIpc) is 3.16. The van der Waals surface area contributed by atoms with Crippen LogP contribution in [0.2, 0.25) is 0 Å². The van der Waals surface area contributed by atoms with Crippen molar-refractivity contribution in [2.75, 3.05) is 5.75 Å². The molecule has 3 unspecified atom stereocenters. The summed E-state index contributed by atoms with van der Waals surface area (Å²) in [6, 6.07) is 36.5. The highest BCUT2D eigenvalue weighted by atomic mass is 32.2. The molecule has 1 saturated heterocycles. The first-order valence-corrected chi connectivity index (χ1v) is 17.0.